The van der Waals surface area contributed by atoms with Gasteiger partial charge in [-0.1, -0.05) is 32.0 Å². The Hall–Kier alpha value is -3.15. The number of nitrogens with zero attached hydrogens (tertiary/aromatic N) is 4. The SMILES string of the molecule is CC(C)c1cc(C(=O)N2CCC(c3c[nH]c4ccccc34)CC2)c2cnn(C(C)C)c2n1. The molecule has 0 radical (unpaired) electrons. The van der Waals surface area contributed by atoms with Crippen LogP contribution in [0.5, 0.6) is 0 Å². The first kappa shape index (κ1) is 20.7. The molecule has 0 bridgehead atoms. The maximum atomic E-state index is 13.6. The van der Waals surface area contributed by atoms with Crippen molar-refractivity contribution in [3.05, 3.63) is 59.5 Å². The highest BCUT2D eigenvalue weighted by Crippen LogP contribution is 2.34. The van der Waals surface area contributed by atoms with E-state index >= 15 is 0 Å². The van der Waals surface area contributed by atoms with E-state index in [0.717, 1.165) is 48.2 Å². The van der Waals surface area contributed by atoms with Crippen LogP contribution in [0.25, 0.3) is 21.9 Å². The summed E-state index contributed by atoms with van der Waals surface area (Å²) in [4.78, 5) is 23.9. The predicted octanol–water partition coefficient (Wildman–Crippen LogP) is 5.64. The van der Waals surface area contributed by atoms with Crippen LogP contribution in [0.15, 0.2) is 42.7 Å². The zero-order valence-electron chi connectivity index (χ0n) is 19.3. The van der Waals surface area contributed by atoms with E-state index in [1.165, 1.54) is 16.5 Å². The zero-order chi connectivity index (χ0) is 22.4. The van der Waals surface area contributed by atoms with Gasteiger partial charge in [-0.3, -0.25) is 4.79 Å². The first-order valence-corrected chi connectivity index (χ1v) is 11.7. The molecule has 5 rings (SSSR count). The Labute approximate surface area is 188 Å². The quantitative estimate of drug-likeness (QED) is 0.457. The number of carbonyl (C=O) groups excluding carboxylic acids is 1. The predicted molar refractivity (Wildman–Crippen MR) is 128 cm³/mol. The van der Waals surface area contributed by atoms with Crippen LogP contribution in [0.2, 0.25) is 0 Å². The summed E-state index contributed by atoms with van der Waals surface area (Å²) in [5, 5.41) is 6.69. The number of hydrogen-bond donors (Lipinski definition) is 1. The van der Waals surface area contributed by atoms with Gasteiger partial charge < -0.3 is 9.88 Å². The highest BCUT2D eigenvalue weighted by Gasteiger charge is 2.28. The number of fused-ring (bicyclic) bond motifs is 2. The number of nitrogens with one attached hydrogen (secondary N) is 1. The van der Waals surface area contributed by atoms with E-state index in [2.05, 4.69) is 68.2 Å². The molecule has 1 aliphatic heterocycles. The maximum Gasteiger partial charge on any atom is 0.254 e. The van der Waals surface area contributed by atoms with Gasteiger partial charge in [0.25, 0.3) is 5.91 Å². The van der Waals surface area contributed by atoms with Gasteiger partial charge in [0.1, 0.15) is 0 Å². The molecule has 1 amide bonds. The summed E-state index contributed by atoms with van der Waals surface area (Å²) < 4.78 is 1.92. The van der Waals surface area contributed by atoms with Gasteiger partial charge in [-0.05, 0) is 56.2 Å². The van der Waals surface area contributed by atoms with Gasteiger partial charge in [0.2, 0.25) is 0 Å². The molecule has 0 spiro atoms. The topological polar surface area (TPSA) is 66.8 Å². The summed E-state index contributed by atoms with van der Waals surface area (Å²) in [6, 6.07) is 10.6. The summed E-state index contributed by atoms with van der Waals surface area (Å²) in [6.45, 7) is 9.95. The number of benzene rings is 1. The van der Waals surface area contributed by atoms with E-state index in [1.54, 1.807) is 6.20 Å². The third-order valence-corrected chi connectivity index (χ3v) is 6.74. The third kappa shape index (κ3) is 3.48. The van der Waals surface area contributed by atoms with Crippen molar-refractivity contribution in [3.8, 4) is 0 Å². The summed E-state index contributed by atoms with van der Waals surface area (Å²) in [5.74, 6) is 0.816. The minimum atomic E-state index is 0.0972. The Balaban J connectivity index is 1.41. The van der Waals surface area contributed by atoms with Crippen LogP contribution in [0.4, 0.5) is 0 Å². The number of amides is 1. The van der Waals surface area contributed by atoms with E-state index < -0.39 is 0 Å². The molecule has 0 aliphatic carbocycles. The molecule has 1 aliphatic rings. The summed E-state index contributed by atoms with van der Waals surface area (Å²) >= 11 is 0. The molecule has 0 atom stereocenters. The molecule has 0 saturated carbocycles. The minimum Gasteiger partial charge on any atom is -0.361 e. The van der Waals surface area contributed by atoms with Gasteiger partial charge in [-0.25, -0.2) is 9.67 Å². The van der Waals surface area contributed by atoms with Crippen molar-refractivity contribution in [1.29, 1.82) is 0 Å². The van der Waals surface area contributed by atoms with Crippen LogP contribution < -0.4 is 0 Å². The van der Waals surface area contributed by atoms with Gasteiger partial charge in [0.15, 0.2) is 5.65 Å². The van der Waals surface area contributed by atoms with Gasteiger partial charge in [0, 0.05) is 41.9 Å². The minimum absolute atomic E-state index is 0.0972. The summed E-state index contributed by atoms with van der Waals surface area (Å²) in [7, 11) is 0. The number of aromatic amines is 1. The van der Waals surface area contributed by atoms with Gasteiger partial charge in [-0.15, -0.1) is 0 Å². The molecule has 3 aromatic heterocycles. The average molecular weight is 430 g/mol. The number of H-pyrrole nitrogens is 1. The first-order chi connectivity index (χ1) is 15.4. The highest BCUT2D eigenvalue weighted by molar-refractivity contribution is 6.05. The second-order valence-corrected chi connectivity index (χ2v) is 9.53. The van der Waals surface area contributed by atoms with Crippen LogP contribution in [0, 0.1) is 0 Å². The molecule has 1 N–H and O–H groups in total. The standard InChI is InChI=1S/C26H31N5O/c1-16(2)24-13-20(22-15-28-31(17(3)4)25(22)29-24)26(32)30-11-9-18(10-12-30)21-14-27-23-8-6-5-7-19(21)23/h5-8,13-18,27H,9-12H2,1-4H3. The van der Waals surface area contributed by atoms with Crippen molar-refractivity contribution in [1.82, 2.24) is 24.6 Å². The lowest BCUT2D eigenvalue weighted by molar-refractivity contribution is 0.0715. The summed E-state index contributed by atoms with van der Waals surface area (Å²) in [6.07, 6.45) is 5.90. The van der Waals surface area contributed by atoms with Gasteiger partial charge in [0.05, 0.1) is 17.1 Å². The Morgan fingerprint density at radius 2 is 1.84 bits per heavy atom. The molecule has 6 nitrogen and oxygen atoms in total. The molecule has 166 valence electrons. The fraction of sp³-hybridized carbons (Fsp3) is 0.423. The number of piperidine rings is 1. The third-order valence-electron chi connectivity index (χ3n) is 6.74. The second kappa shape index (κ2) is 8.08. The first-order valence-electron chi connectivity index (χ1n) is 11.7. The Morgan fingerprint density at radius 3 is 2.56 bits per heavy atom. The normalized spacial score (nSPS) is 15.5. The number of para-hydroxylation sites is 1. The van der Waals surface area contributed by atoms with E-state index in [4.69, 9.17) is 4.98 Å². The van der Waals surface area contributed by atoms with Crippen LogP contribution >= 0.6 is 0 Å². The Kier molecular flexibility index (Phi) is 5.24. The lowest BCUT2D eigenvalue weighted by atomic mass is 9.89. The number of hydrogen-bond acceptors (Lipinski definition) is 3. The maximum absolute atomic E-state index is 13.6. The average Bonchev–Trinajstić information content (AvgIpc) is 3.42. The number of rotatable bonds is 4. The number of carbonyl (C=O) groups is 1. The smallest absolute Gasteiger partial charge is 0.254 e. The monoisotopic (exact) mass is 429 g/mol. The van der Waals surface area contributed by atoms with Crippen molar-refractivity contribution in [2.45, 2.75) is 58.4 Å². The van der Waals surface area contributed by atoms with Crippen molar-refractivity contribution in [2.24, 2.45) is 0 Å². The summed E-state index contributed by atoms with van der Waals surface area (Å²) in [5.41, 5.74) is 5.04. The molecule has 4 heterocycles. The lowest BCUT2D eigenvalue weighted by Crippen LogP contribution is -2.38. The number of aromatic nitrogens is 4. The van der Waals surface area contributed by atoms with Crippen LogP contribution in [-0.4, -0.2) is 43.6 Å². The van der Waals surface area contributed by atoms with E-state index in [1.807, 2.05) is 15.6 Å². The van der Waals surface area contributed by atoms with Crippen LogP contribution in [-0.2, 0) is 0 Å². The van der Waals surface area contributed by atoms with Crippen LogP contribution in [0.1, 0.15) is 80.0 Å². The zero-order valence-corrected chi connectivity index (χ0v) is 19.3. The molecular weight excluding hydrogens is 398 g/mol. The molecule has 1 saturated heterocycles. The van der Waals surface area contributed by atoms with Crippen LogP contribution in [0.3, 0.4) is 0 Å². The molecule has 32 heavy (non-hydrogen) atoms. The lowest BCUT2D eigenvalue weighted by Gasteiger charge is -2.32. The Morgan fingerprint density at radius 1 is 1.09 bits per heavy atom. The van der Waals surface area contributed by atoms with E-state index in [9.17, 15) is 4.79 Å². The molecule has 4 aromatic rings. The molecule has 1 fully saturated rings. The second-order valence-electron chi connectivity index (χ2n) is 9.53. The Bertz CT molecular complexity index is 1270. The van der Waals surface area contributed by atoms with Crippen molar-refractivity contribution >= 4 is 27.8 Å². The van der Waals surface area contributed by atoms with Gasteiger partial charge in [-0.2, -0.15) is 5.10 Å². The largest absolute Gasteiger partial charge is 0.361 e. The van der Waals surface area contributed by atoms with Crippen molar-refractivity contribution in [2.75, 3.05) is 13.1 Å². The fourth-order valence-corrected chi connectivity index (χ4v) is 4.88. The molecule has 0 unspecified atom stereocenters. The van der Waals surface area contributed by atoms with E-state index in [-0.39, 0.29) is 17.9 Å². The molecular formula is C26H31N5O. The number of likely N-dealkylation sites (tertiary alicyclic amines) is 1. The van der Waals surface area contributed by atoms with Gasteiger partial charge >= 0.3 is 0 Å². The molecule has 1 aromatic carbocycles. The van der Waals surface area contributed by atoms with E-state index in [0.29, 0.717) is 5.92 Å². The van der Waals surface area contributed by atoms with Crippen molar-refractivity contribution in [3.63, 3.8) is 0 Å². The fourth-order valence-electron chi connectivity index (χ4n) is 4.88. The highest BCUT2D eigenvalue weighted by atomic mass is 16.2. The van der Waals surface area contributed by atoms with Crippen molar-refractivity contribution < 1.29 is 4.79 Å². The number of pyridine rings is 1. The molecule has 6 heteroatoms.